The molecule has 1 aromatic rings. The van der Waals surface area contributed by atoms with E-state index < -0.39 is 16.1 Å². The molecule has 0 heterocycles. The average Bonchev–Trinajstić information content (AvgIpc) is 2.26. The van der Waals surface area contributed by atoms with E-state index in [9.17, 15) is 13.5 Å². The standard InChI is InChI=1S/C11H17NO3S/c1-3-11(13)8(2)9-4-6-10(7-5-9)16(12,14)15/h4-8,11,13H,3H2,1-2H3,(H2,12,14,15). The van der Waals surface area contributed by atoms with Crippen LogP contribution in [0.15, 0.2) is 29.2 Å². The summed E-state index contributed by atoms with van der Waals surface area (Å²) in [5.41, 5.74) is 0.904. The van der Waals surface area contributed by atoms with Crippen LogP contribution in [0.5, 0.6) is 0 Å². The zero-order chi connectivity index (χ0) is 12.3. The van der Waals surface area contributed by atoms with Crippen molar-refractivity contribution in [2.24, 2.45) is 5.14 Å². The maximum absolute atomic E-state index is 11.0. The fourth-order valence-electron chi connectivity index (χ4n) is 1.54. The van der Waals surface area contributed by atoms with E-state index in [1.54, 1.807) is 12.1 Å². The van der Waals surface area contributed by atoms with E-state index in [0.717, 1.165) is 5.56 Å². The van der Waals surface area contributed by atoms with Crippen molar-refractivity contribution in [3.8, 4) is 0 Å². The van der Waals surface area contributed by atoms with Gasteiger partial charge in [-0.25, -0.2) is 13.6 Å². The summed E-state index contributed by atoms with van der Waals surface area (Å²) in [6.07, 6.45) is 0.248. The summed E-state index contributed by atoms with van der Waals surface area (Å²) >= 11 is 0. The van der Waals surface area contributed by atoms with Crippen LogP contribution in [0.2, 0.25) is 0 Å². The summed E-state index contributed by atoms with van der Waals surface area (Å²) in [6, 6.07) is 6.29. The zero-order valence-corrected chi connectivity index (χ0v) is 10.2. The Balaban J connectivity index is 2.96. The second kappa shape index (κ2) is 4.95. The predicted molar refractivity (Wildman–Crippen MR) is 62.5 cm³/mol. The Morgan fingerprint density at radius 2 is 1.81 bits per heavy atom. The molecule has 0 saturated heterocycles. The summed E-state index contributed by atoms with van der Waals surface area (Å²) in [7, 11) is -3.63. The molecule has 2 atom stereocenters. The SMILES string of the molecule is CCC(O)C(C)c1ccc(S(N)(=O)=O)cc1. The van der Waals surface area contributed by atoms with Crippen molar-refractivity contribution in [3.63, 3.8) is 0 Å². The zero-order valence-electron chi connectivity index (χ0n) is 9.42. The molecule has 0 radical (unpaired) electrons. The smallest absolute Gasteiger partial charge is 0.238 e. The Bertz CT molecular complexity index is 439. The molecule has 3 N–H and O–H groups in total. The molecule has 0 spiro atoms. The van der Waals surface area contributed by atoms with Gasteiger partial charge in [0, 0.05) is 5.92 Å². The minimum atomic E-state index is -3.63. The molecule has 1 aromatic carbocycles. The minimum absolute atomic E-state index is 0.0143. The topological polar surface area (TPSA) is 80.4 Å². The van der Waals surface area contributed by atoms with Gasteiger partial charge in [-0.15, -0.1) is 0 Å². The number of sulfonamides is 1. The van der Waals surface area contributed by atoms with Crippen molar-refractivity contribution in [2.75, 3.05) is 0 Å². The van der Waals surface area contributed by atoms with Crippen LogP contribution in [0.3, 0.4) is 0 Å². The second-order valence-corrected chi connectivity index (χ2v) is 5.44. The average molecular weight is 243 g/mol. The van der Waals surface area contributed by atoms with Gasteiger partial charge in [-0.05, 0) is 24.1 Å². The van der Waals surface area contributed by atoms with Gasteiger partial charge in [0.05, 0.1) is 11.0 Å². The first kappa shape index (κ1) is 13.2. The lowest BCUT2D eigenvalue weighted by atomic mass is 9.94. The van der Waals surface area contributed by atoms with Crippen molar-refractivity contribution in [2.45, 2.75) is 37.2 Å². The van der Waals surface area contributed by atoms with Gasteiger partial charge in [-0.3, -0.25) is 0 Å². The first-order valence-corrected chi connectivity index (χ1v) is 6.71. The molecule has 0 bridgehead atoms. The Morgan fingerprint density at radius 1 is 1.31 bits per heavy atom. The number of hydrogen-bond donors (Lipinski definition) is 2. The quantitative estimate of drug-likeness (QED) is 0.834. The number of primary sulfonamides is 1. The number of aliphatic hydroxyl groups excluding tert-OH is 1. The van der Waals surface area contributed by atoms with Gasteiger partial charge in [0.2, 0.25) is 10.0 Å². The summed E-state index contributed by atoms with van der Waals surface area (Å²) in [5.74, 6) is -0.0143. The van der Waals surface area contributed by atoms with Crippen LogP contribution in [0.1, 0.15) is 31.7 Å². The third-order valence-corrected chi connectivity index (χ3v) is 3.66. The number of hydrogen-bond acceptors (Lipinski definition) is 3. The van der Waals surface area contributed by atoms with Crippen molar-refractivity contribution < 1.29 is 13.5 Å². The number of aliphatic hydroxyl groups is 1. The maximum atomic E-state index is 11.0. The van der Waals surface area contributed by atoms with Crippen molar-refractivity contribution in [1.29, 1.82) is 0 Å². The Labute approximate surface area is 96.2 Å². The summed E-state index contributed by atoms with van der Waals surface area (Å²) < 4.78 is 22.1. The van der Waals surface area contributed by atoms with Gasteiger partial charge in [0.1, 0.15) is 0 Å². The molecule has 0 aliphatic rings. The molecule has 90 valence electrons. The molecule has 5 heteroatoms. The molecule has 16 heavy (non-hydrogen) atoms. The molecule has 0 saturated carbocycles. The van der Waals surface area contributed by atoms with Crippen molar-refractivity contribution in [3.05, 3.63) is 29.8 Å². The molecule has 1 rings (SSSR count). The second-order valence-electron chi connectivity index (χ2n) is 3.88. The van der Waals surface area contributed by atoms with Gasteiger partial charge in [-0.1, -0.05) is 26.0 Å². The fourth-order valence-corrected chi connectivity index (χ4v) is 2.05. The minimum Gasteiger partial charge on any atom is -0.393 e. The van der Waals surface area contributed by atoms with Crippen LogP contribution in [-0.2, 0) is 10.0 Å². The van der Waals surface area contributed by atoms with E-state index in [0.29, 0.717) is 6.42 Å². The van der Waals surface area contributed by atoms with Crippen LogP contribution in [-0.4, -0.2) is 19.6 Å². The highest BCUT2D eigenvalue weighted by molar-refractivity contribution is 7.89. The van der Waals surface area contributed by atoms with Crippen LogP contribution >= 0.6 is 0 Å². The summed E-state index contributed by atoms with van der Waals surface area (Å²) in [4.78, 5) is 0.0921. The van der Waals surface area contributed by atoms with Crippen LogP contribution in [0, 0.1) is 0 Å². The number of nitrogens with two attached hydrogens (primary N) is 1. The van der Waals surface area contributed by atoms with Gasteiger partial charge in [0.15, 0.2) is 0 Å². The van der Waals surface area contributed by atoms with E-state index in [-0.39, 0.29) is 10.8 Å². The lowest BCUT2D eigenvalue weighted by Crippen LogP contribution is -2.15. The molecular formula is C11H17NO3S. The highest BCUT2D eigenvalue weighted by Crippen LogP contribution is 2.22. The van der Waals surface area contributed by atoms with E-state index in [2.05, 4.69) is 0 Å². The van der Waals surface area contributed by atoms with E-state index >= 15 is 0 Å². The largest absolute Gasteiger partial charge is 0.393 e. The lowest BCUT2D eigenvalue weighted by molar-refractivity contribution is 0.145. The first-order valence-electron chi connectivity index (χ1n) is 5.17. The van der Waals surface area contributed by atoms with E-state index in [1.807, 2.05) is 13.8 Å². The van der Waals surface area contributed by atoms with Gasteiger partial charge >= 0.3 is 0 Å². The number of rotatable bonds is 4. The Morgan fingerprint density at radius 3 is 2.19 bits per heavy atom. The van der Waals surface area contributed by atoms with Crippen molar-refractivity contribution >= 4 is 10.0 Å². The highest BCUT2D eigenvalue weighted by Gasteiger charge is 2.15. The Hall–Kier alpha value is -0.910. The normalized spacial score (nSPS) is 15.8. The van der Waals surface area contributed by atoms with Crippen LogP contribution in [0.4, 0.5) is 0 Å². The lowest BCUT2D eigenvalue weighted by Gasteiger charge is -2.17. The molecule has 4 nitrogen and oxygen atoms in total. The van der Waals surface area contributed by atoms with Gasteiger partial charge in [0.25, 0.3) is 0 Å². The van der Waals surface area contributed by atoms with Gasteiger partial charge < -0.3 is 5.11 Å². The predicted octanol–water partition coefficient (Wildman–Crippen LogP) is 1.21. The Kier molecular flexibility index (Phi) is 4.07. The number of benzene rings is 1. The van der Waals surface area contributed by atoms with E-state index in [1.165, 1.54) is 12.1 Å². The highest BCUT2D eigenvalue weighted by atomic mass is 32.2. The molecule has 0 aliphatic heterocycles. The molecule has 0 fully saturated rings. The van der Waals surface area contributed by atoms with Crippen LogP contribution in [0.25, 0.3) is 0 Å². The fraction of sp³-hybridized carbons (Fsp3) is 0.455. The van der Waals surface area contributed by atoms with Gasteiger partial charge in [-0.2, -0.15) is 0 Å². The van der Waals surface area contributed by atoms with E-state index in [4.69, 9.17) is 5.14 Å². The molecule has 0 aromatic heterocycles. The van der Waals surface area contributed by atoms with Crippen LogP contribution < -0.4 is 5.14 Å². The first-order chi connectivity index (χ1) is 7.36. The molecular weight excluding hydrogens is 226 g/mol. The summed E-state index contributed by atoms with van der Waals surface area (Å²) in [5, 5.41) is 14.7. The monoisotopic (exact) mass is 243 g/mol. The summed E-state index contributed by atoms with van der Waals surface area (Å²) in [6.45, 7) is 3.81. The third kappa shape index (κ3) is 3.04. The third-order valence-electron chi connectivity index (χ3n) is 2.73. The van der Waals surface area contributed by atoms with Crippen molar-refractivity contribution in [1.82, 2.24) is 0 Å². The molecule has 2 unspecified atom stereocenters. The molecule has 0 aliphatic carbocycles. The molecule has 0 amide bonds. The maximum Gasteiger partial charge on any atom is 0.238 e.